The van der Waals surface area contributed by atoms with Crippen LogP contribution in [0.4, 0.5) is 0 Å². The van der Waals surface area contributed by atoms with Crippen LogP contribution >= 0.6 is 0 Å². The SMILES string of the molecule is Oc1ccc(C2(CNC[C@H](O)COc3ccccc3)CCCC2)cc1O. The molecule has 0 saturated heterocycles. The molecule has 3 rings (SSSR count). The maximum atomic E-state index is 10.2. The molecule has 4 N–H and O–H groups in total. The maximum absolute atomic E-state index is 10.2. The van der Waals surface area contributed by atoms with E-state index >= 15 is 0 Å². The Morgan fingerprint density at radius 3 is 2.42 bits per heavy atom. The highest BCUT2D eigenvalue weighted by atomic mass is 16.5. The molecule has 1 saturated carbocycles. The van der Waals surface area contributed by atoms with Gasteiger partial charge >= 0.3 is 0 Å². The molecule has 0 amide bonds. The number of para-hydroxylation sites is 1. The normalized spacial score (nSPS) is 17.1. The number of phenols is 2. The molecule has 5 heteroatoms. The standard InChI is InChI=1S/C21H27NO4/c23-17(14-26-18-6-2-1-3-7-18)13-22-15-21(10-4-5-11-21)16-8-9-19(24)20(25)12-16/h1-3,6-9,12,17,22-25H,4-5,10-11,13-15H2/t17-/m0/s1. The van der Waals surface area contributed by atoms with Gasteiger partial charge < -0.3 is 25.4 Å². The van der Waals surface area contributed by atoms with Crippen LogP contribution in [0.2, 0.25) is 0 Å². The Balaban J connectivity index is 1.53. The van der Waals surface area contributed by atoms with Gasteiger partial charge in [-0.3, -0.25) is 0 Å². The van der Waals surface area contributed by atoms with Gasteiger partial charge in [0, 0.05) is 18.5 Å². The first-order chi connectivity index (χ1) is 12.6. The molecule has 0 unspecified atom stereocenters. The van der Waals surface area contributed by atoms with Crippen molar-refractivity contribution in [3.8, 4) is 17.2 Å². The van der Waals surface area contributed by atoms with Crippen molar-refractivity contribution in [2.24, 2.45) is 0 Å². The van der Waals surface area contributed by atoms with Gasteiger partial charge in [0.1, 0.15) is 18.5 Å². The number of hydrogen-bond donors (Lipinski definition) is 4. The second-order valence-corrected chi connectivity index (χ2v) is 7.10. The monoisotopic (exact) mass is 357 g/mol. The molecule has 0 radical (unpaired) electrons. The maximum Gasteiger partial charge on any atom is 0.157 e. The lowest BCUT2D eigenvalue weighted by atomic mass is 9.78. The van der Waals surface area contributed by atoms with Crippen molar-refractivity contribution in [3.63, 3.8) is 0 Å². The summed E-state index contributed by atoms with van der Waals surface area (Å²) >= 11 is 0. The van der Waals surface area contributed by atoms with E-state index in [9.17, 15) is 15.3 Å². The van der Waals surface area contributed by atoms with Gasteiger partial charge in [0.25, 0.3) is 0 Å². The van der Waals surface area contributed by atoms with Crippen LogP contribution in [0.25, 0.3) is 0 Å². The van der Waals surface area contributed by atoms with Gasteiger partial charge in [0.15, 0.2) is 11.5 Å². The summed E-state index contributed by atoms with van der Waals surface area (Å²) in [7, 11) is 0. The zero-order valence-electron chi connectivity index (χ0n) is 14.9. The molecular weight excluding hydrogens is 330 g/mol. The highest BCUT2D eigenvalue weighted by molar-refractivity contribution is 5.43. The van der Waals surface area contributed by atoms with Crippen LogP contribution in [0.3, 0.4) is 0 Å². The molecule has 1 aliphatic carbocycles. The number of ether oxygens (including phenoxy) is 1. The van der Waals surface area contributed by atoms with Crippen LogP contribution in [0.5, 0.6) is 17.2 Å². The zero-order chi connectivity index (χ0) is 18.4. The molecule has 1 fully saturated rings. The molecule has 0 heterocycles. The van der Waals surface area contributed by atoms with Gasteiger partial charge in [-0.1, -0.05) is 37.1 Å². The van der Waals surface area contributed by atoms with Crippen LogP contribution in [0.15, 0.2) is 48.5 Å². The molecule has 1 atom stereocenters. The first-order valence-electron chi connectivity index (χ1n) is 9.18. The minimum atomic E-state index is -0.595. The van der Waals surface area contributed by atoms with Crippen molar-refractivity contribution < 1.29 is 20.1 Å². The molecule has 140 valence electrons. The highest BCUT2D eigenvalue weighted by Crippen LogP contribution is 2.42. The number of hydrogen-bond acceptors (Lipinski definition) is 5. The third-order valence-corrected chi connectivity index (χ3v) is 5.18. The largest absolute Gasteiger partial charge is 0.504 e. The van der Waals surface area contributed by atoms with E-state index in [4.69, 9.17) is 4.74 Å². The Kier molecular flexibility index (Phi) is 6.01. The average molecular weight is 357 g/mol. The van der Waals surface area contributed by atoms with Crippen LogP contribution in [0, 0.1) is 0 Å². The van der Waals surface area contributed by atoms with Crippen molar-refractivity contribution in [1.82, 2.24) is 5.32 Å². The van der Waals surface area contributed by atoms with E-state index in [1.54, 1.807) is 12.1 Å². The number of aliphatic hydroxyl groups excluding tert-OH is 1. The Bertz CT molecular complexity index is 698. The number of phenolic OH excluding ortho intramolecular Hbond substituents is 2. The minimum Gasteiger partial charge on any atom is -0.504 e. The van der Waals surface area contributed by atoms with Gasteiger partial charge in [-0.2, -0.15) is 0 Å². The summed E-state index contributed by atoms with van der Waals surface area (Å²) in [6.45, 7) is 1.41. The second kappa shape index (κ2) is 8.43. The minimum absolute atomic E-state index is 0.0643. The van der Waals surface area contributed by atoms with Crippen molar-refractivity contribution in [2.75, 3.05) is 19.7 Å². The summed E-state index contributed by atoms with van der Waals surface area (Å²) in [4.78, 5) is 0. The molecule has 0 spiro atoms. The fraction of sp³-hybridized carbons (Fsp3) is 0.429. The fourth-order valence-corrected chi connectivity index (χ4v) is 3.72. The van der Waals surface area contributed by atoms with Crippen molar-refractivity contribution in [1.29, 1.82) is 0 Å². The molecule has 0 bridgehead atoms. The van der Waals surface area contributed by atoms with E-state index in [0.29, 0.717) is 6.54 Å². The summed E-state index contributed by atoms with van der Waals surface area (Å²) in [6.07, 6.45) is 3.75. The molecule has 1 aliphatic rings. The summed E-state index contributed by atoms with van der Waals surface area (Å²) in [5.74, 6) is 0.576. The Hall–Kier alpha value is -2.24. The Labute approximate surface area is 154 Å². The highest BCUT2D eigenvalue weighted by Gasteiger charge is 2.35. The van der Waals surface area contributed by atoms with Crippen molar-refractivity contribution in [2.45, 2.75) is 37.2 Å². The van der Waals surface area contributed by atoms with Crippen molar-refractivity contribution in [3.05, 3.63) is 54.1 Å². The van der Waals surface area contributed by atoms with Crippen LogP contribution < -0.4 is 10.1 Å². The molecule has 5 nitrogen and oxygen atoms in total. The lowest BCUT2D eigenvalue weighted by Gasteiger charge is -2.31. The smallest absolute Gasteiger partial charge is 0.157 e. The summed E-state index contributed by atoms with van der Waals surface area (Å²) in [5, 5.41) is 32.9. The lowest BCUT2D eigenvalue weighted by molar-refractivity contribution is 0.105. The van der Waals surface area contributed by atoms with Gasteiger partial charge in [0.05, 0.1) is 0 Å². The molecular formula is C21H27NO4. The summed E-state index contributed by atoms with van der Waals surface area (Å²) in [6, 6.07) is 14.6. The van der Waals surface area contributed by atoms with Crippen LogP contribution in [-0.2, 0) is 5.41 Å². The summed E-state index contributed by atoms with van der Waals surface area (Å²) in [5.41, 5.74) is 0.971. The summed E-state index contributed by atoms with van der Waals surface area (Å²) < 4.78 is 5.58. The van der Waals surface area contributed by atoms with Gasteiger partial charge in [-0.25, -0.2) is 0 Å². The van der Waals surface area contributed by atoms with Gasteiger partial charge in [-0.15, -0.1) is 0 Å². The van der Waals surface area contributed by atoms with E-state index < -0.39 is 6.10 Å². The number of rotatable bonds is 8. The molecule has 2 aromatic carbocycles. The number of aliphatic hydroxyl groups is 1. The predicted molar refractivity (Wildman–Crippen MR) is 101 cm³/mol. The number of benzene rings is 2. The zero-order valence-corrected chi connectivity index (χ0v) is 14.9. The first-order valence-corrected chi connectivity index (χ1v) is 9.18. The third-order valence-electron chi connectivity index (χ3n) is 5.18. The molecule has 26 heavy (non-hydrogen) atoms. The van der Waals surface area contributed by atoms with E-state index in [-0.39, 0.29) is 23.5 Å². The van der Waals surface area contributed by atoms with Gasteiger partial charge in [-0.05, 0) is 42.7 Å². The van der Waals surface area contributed by atoms with E-state index in [1.807, 2.05) is 36.4 Å². The molecule has 0 aromatic heterocycles. The lowest BCUT2D eigenvalue weighted by Crippen LogP contribution is -2.40. The van der Waals surface area contributed by atoms with E-state index in [2.05, 4.69) is 5.32 Å². The van der Waals surface area contributed by atoms with Gasteiger partial charge in [0.2, 0.25) is 0 Å². The van der Waals surface area contributed by atoms with Crippen molar-refractivity contribution >= 4 is 0 Å². The molecule has 2 aromatic rings. The topological polar surface area (TPSA) is 82.0 Å². The fourth-order valence-electron chi connectivity index (χ4n) is 3.72. The van der Waals surface area contributed by atoms with E-state index in [0.717, 1.165) is 43.5 Å². The average Bonchev–Trinajstić information content (AvgIpc) is 3.13. The first kappa shape index (κ1) is 18.5. The second-order valence-electron chi connectivity index (χ2n) is 7.10. The Morgan fingerprint density at radius 1 is 1.00 bits per heavy atom. The van der Waals surface area contributed by atoms with E-state index in [1.165, 1.54) is 0 Å². The van der Waals surface area contributed by atoms with Crippen LogP contribution in [-0.4, -0.2) is 41.1 Å². The third kappa shape index (κ3) is 4.48. The molecule has 0 aliphatic heterocycles. The van der Waals surface area contributed by atoms with Crippen LogP contribution in [0.1, 0.15) is 31.2 Å². The number of aromatic hydroxyl groups is 2. The predicted octanol–water partition coefficient (Wildman–Crippen LogP) is 2.94. The number of nitrogens with one attached hydrogen (secondary N) is 1. The quantitative estimate of drug-likeness (QED) is 0.546. The Morgan fingerprint density at radius 2 is 1.73 bits per heavy atom.